The minimum atomic E-state index is 0.0841. The molecule has 4 heteroatoms. The molecule has 2 saturated carbocycles. The van der Waals surface area contributed by atoms with Crippen molar-refractivity contribution in [2.24, 2.45) is 11.3 Å². The smallest absolute Gasteiger partial charge is 0.223 e. The molecule has 1 aromatic rings. The van der Waals surface area contributed by atoms with Gasteiger partial charge in [-0.1, -0.05) is 6.07 Å². The van der Waals surface area contributed by atoms with Gasteiger partial charge in [0.2, 0.25) is 5.91 Å². The largest absolute Gasteiger partial charge is 0.493 e. The van der Waals surface area contributed by atoms with Crippen LogP contribution >= 0.6 is 0 Å². The Labute approximate surface area is 119 Å². The van der Waals surface area contributed by atoms with E-state index in [9.17, 15) is 4.79 Å². The Balaban J connectivity index is 1.35. The highest BCUT2D eigenvalue weighted by atomic mass is 16.5. The number of carbonyl (C=O) groups excluding carboxylic acids is 1. The number of nitrogens with two attached hydrogens (primary N) is 1. The summed E-state index contributed by atoms with van der Waals surface area (Å²) in [4.78, 5) is 11.8. The number of hydrogen-bond acceptors (Lipinski definition) is 3. The Bertz CT molecular complexity index is 493. The number of hydrogen-bond donors (Lipinski definition) is 2. The quantitative estimate of drug-likeness (QED) is 0.750. The van der Waals surface area contributed by atoms with E-state index < -0.39 is 0 Å². The third-order valence-electron chi connectivity index (χ3n) is 4.43. The van der Waals surface area contributed by atoms with Crippen LogP contribution in [0.25, 0.3) is 0 Å². The van der Waals surface area contributed by atoms with E-state index in [2.05, 4.69) is 5.32 Å². The van der Waals surface area contributed by atoms with Gasteiger partial charge in [-0.15, -0.1) is 0 Å². The second kappa shape index (κ2) is 5.35. The fourth-order valence-corrected chi connectivity index (χ4v) is 2.81. The van der Waals surface area contributed by atoms with Crippen LogP contribution in [-0.4, -0.2) is 19.1 Å². The topological polar surface area (TPSA) is 64.3 Å². The van der Waals surface area contributed by atoms with Gasteiger partial charge in [0.1, 0.15) is 5.75 Å². The molecule has 4 nitrogen and oxygen atoms in total. The van der Waals surface area contributed by atoms with Gasteiger partial charge in [0, 0.05) is 18.3 Å². The third kappa shape index (κ3) is 3.24. The highest BCUT2D eigenvalue weighted by Gasteiger charge is 2.53. The van der Waals surface area contributed by atoms with Crippen LogP contribution < -0.4 is 15.8 Å². The Morgan fingerprint density at radius 2 is 2.20 bits per heavy atom. The average molecular weight is 274 g/mol. The van der Waals surface area contributed by atoms with Crippen LogP contribution in [0.2, 0.25) is 0 Å². The number of amides is 1. The zero-order valence-electron chi connectivity index (χ0n) is 11.7. The highest BCUT2D eigenvalue weighted by Crippen LogP contribution is 2.60. The molecule has 3 N–H and O–H groups in total. The van der Waals surface area contributed by atoms with E-state index in [1.54, 1.807) is 6.07 Å². The molecular weight excluding hydrogens is 252 g/mol. The van der Waals surface area contributed by atoms with Gasteiger partial charge in [0.05, 0.1) is 13.0 Å². The molecular formula is C16H22N2O2. The Kier molecular flexibility index (Phi) is 3.55. The minimum absolute atomic E-state index is 0.0841. The molecule has 2 aliphatic rings. The van der Waals surface area contributed by atoms with E-state index in [1.807, 2.05) is 18.2 Å². The lowest BCUT2D eigenvalue weighted by atomic mass is 10.0. The summed E-state index contributed by atoms with van der Waals surface area (Å²) in [5, 5.41) is 3.06. The number of nitrogens with one attached hydrogen (secondary N) is 1. The molecule has 0 spiro atoms. The summed E-state index contributed by atoms with van der Waals surface area (Å²) >= 11 is 0. The first-order valence-electron chi connectivity index (χ1n) is 7.43. The van der Waals surface area contributed by atoms with Crippen molar-refractivity contribution in [1.29, 1.82) is 0 Å². The molecule has 2 fully saturated rings. The van der Waals surface area contributed by atoms with Gasteiger partial charge >= 0.3 is 0 Å². The summed E-state index contributed by atoms with van der Waals surface area (Å²) in [5.74, 6) is 1.68. The van der Waals surface area contributed by atoms with Crippen LogP contribution in [0.1, 0.15) is 32.1 Å². The van der Waals surface area contributed by atoms with Crippen molar-refractivity contribution in [2.75, 3.05) is 18.9 Å². The van der Waals surface area contributed by atoms with E-state index in [0.29, 0.717) is 24.1 Å². The van der Waals surface area contributed by atoms with Gasteiger partial charge < -0.3 is 15.8 Å². The van der Waals surface area contributed by atoms with Crippen molar-refractivity contribution in [3.8, 4) is 5.75 Å². The molecule has 0 saturated heterocycles. The number of rotatable bonds is 7. The SMILES string of the molecule is Nc1cccc(OCCC(=O)NCC2(C3CC3)CC2)c1. The summed E-state index contributed by atoms with van der Waals surface area (Å²) in [6, 6.07) is 7.27. The molecule has 2 aliphatic carbocycles. The zero-order chi connectivity index (χ0) is 14.0. The molecule has 0 aliphatic heterocycles. The van der Waals surface area contributed by atoms with Crippen LogP contribution in [0.15, 0.2) is 24.3 Å². The fourth-order valence-electron chi connectivity index (χ4n) is 2.81. The Hall–Kier alpha value is -1.71. The van der Waals surface area contributed by atoms with E-state index in [-0.39, 0.29) is 5.91 Å². The molecule has 0 unspecified atom stereocenters. The maximum atomic E-state index is 11.8. The summed E-state index contributed by atoms with van der Waals surface area (Å²) in [5.41, 5.74) is 6.80. The predicted octanol–water partition coefficient (Wildman–Crippen LogP) is 2.34. The van der Waals surface area contributed by atoms with Gasteiger partial charge in [0.15, 0.2) is 0 Å². The van der Waals surface area contributed by atoms with Gasteiger partial charge in [-0.3, -0.25) is 4.79 Å². The van der Waals surface area contributed by atoms with Gasteiger partial charge in [-0.05, 0) is 49.1 Å². The van der Waals surface area contributed by atoms with E-state index in [4.69, 9.17) is 10.5 Å². The van der Waals surface area contributed by atoms with Gasteiger partial charge in [-0.2, -0.15) is 0 Å². The van der Waals surface area contributed by atoms with Crippen LogP contribution in [0, 0.1) is 11.3 Å². The van der Waals surface area contributed by atoms with Crippen molar-refractivity contribution < 1.29 is 9.53 Å². The van der Waals surface area contributed by atoms with Crippen LogP contribution in [0.3, 0.4) is 0 Å². The summed E-state index contributed by atoms with van der Waals surface area (Å²) in [6.07, 6.45) is 5.69. The zero-order valence-corrected chi connectivity index (χ0v) is 11.7. The second-order valence-electron chi connectivity index (χ2n) is 6.08. The molecule has 0 aromatic heterocycles. The van der Waals surface area contributed by atoms with E-state index in [0.717, 1.165) is 18.2 Å². The monoisotopic (exact) mass is 274 g/mol. The first kappa shape index (κ1) is 13.3. The lowest BCUT2D eigenvalue weighted by Gasteiger charge is -2.15. The minimum Gasteiger partial charge on any atom is -0.493 e. The number of anilines is 1. The van der Waals surface area contributed by atoms with Crippen LogP contribution in [0.4, 0.5) is 5.69 Å². The summed E-state index contributed by atoms with van der Waals surface area (Å²) < 4.78 is 5.52. The van der Waals surface area contributed by atoms with Crippen molar-refractivity contribution >= 4 is 11.6 Å². The number of benzene rings is 1. The summed E-state index contributed by atoms with van der Waals surface area (Å²) in [7, 11) is 0. The molecule has 20 heavy (non-hydrogen) atoms. The first-order chi connectivity index (χ1) is 9.68. The van der Waals surface area contributed by atoms with Gasteiger partial charge in [0.25, 0.3) is 0 Å². The predicted molar refractivity (Wildman–Crippen MR) is 78.4 cm³/mol. The number of ether oxygens (including phenoxy) is 1. The number of nitrogen functional groups attached to an aromatic ring is 1. The van der Waals surface area contributed by atoms with E-state index >= 15 is 0 Å². The fraction of sp³-hybridized carbons (Fsp3) is 0.562. The molecule has 0 radical (unpaired) electrons. The Morgan fingerprint density at radius 1 is 1.40 bits per heavy atom. The second-order valence-corrected chi connectivity index (χ2v) is 6.08. The third-order valence-corrected chi connectivity index (χ3v) is 4.43. The standard InChI is InChI=1S/C16H22N2O2/c17-13-2-1-3-14(10-13)20-9-6-15(19)18-11-16(7-8-16)12-4-5-12/h1-3,10,12H,4-9,11,17H2,(H,18,19). The normalized spacial score (nSPS) is 19.4. The van der Waals surface area contributed by atoms with Crippen LogP contribution in [-0.2, 0) is 4.79 Å². The lowest BCUT2D eigenvalue weighted by Crippen LogP contribution is -2.32. The molecule has 0 bridgehead atoms. The molecule has 1 amide bonds. The maximum absolute atomic E-state index is 11.8. The maximum Gasteiger partial charge on any atom is 0.223 e. The molecule has 108 valence electrons. The molecule has 1 aromatic carbocycles. The Morgan fingerprint density at radius 3 is 2.85 bits per heavy atom. The van der Waals surface area contributed by atoms with E-state index in [1.165, 1.54) is 25.7 Å². The van der Waals surface area contributed by atoms with Crippen molar-refractivity contribution in [3.63, 3.8) is 0 Å². The van der Waals surface area contributed by atoms with Crippen molar-refractivity contribution in [1.82, 2.24) is 5.32 Å². The highest BCUT2D eigenvalue weighted by molar-refractivity contribution is 5.76. The van der Waals surface area contributed by atoms with Crippen LogP contribution in [0.5, 0.6) is 5.75 Å². The number of carbonyl (C=O) groups is 1. The summed E-state index contributed by atoms with van der Waals surface area (Å²) in [6.45, 7) is 1.25. The van der Waals surface area contributed by atoms with Crippen molar-refractivity contribution in [2.45, 2.75) is 32.1 Å². The average Bonchev–Trinajstić information content (AvgIpc) is 3.28. The van der Waals surface area contributed by atoms with Crippen molar-refractivity contribution in [3.05, 3.63) is 24.3 Å². The first-order valence-corrected chi connectivity index (χ1v) is 7.43. The van der Waals surface area contributed by atoms with Gasteiger partial charge in [-0.25, -0.2) is 0 Å². The molecule has 3 rings (SSSR count). The molecule has 0 atom stereocenters. The molecule has 0 heterocycles. The lowest BCUT2D eigenvalue weighted by molar-refractivity contribution is -0.121.